The summed E-state index contributed by atoms with van der Waals surface area (Å²) in [5.41, 5.74) is 0.862. The highest BCUT2D eigenvalue weighted by Crippen LogP contribution is 2.28. The lowest BCUT2D eigenvalue weighted by Crippen LogP contribution is -1.88. The molecule has 1 aromatic carbocycles. The second-order valence-corrected chi connectivity index (χ2v) is 3.85. The van der Waals surface area contributed by atoms with E-state index in [1.807, 2.05) is 0 Å². The molecule has 0 aliphatic heterocycles. The van der Waals surface area contributed by atoms with Crippen molar-refractivity contribution in [3.63, 3.8) is 0 Å². The number of hydrogen-bond donors (Lipinski definition) is 2. The van der Waals surface area contributed by atoms with E-state index in [1.54, 1.807) is 25.3 Å². The van der Waals surface area contributed by atoms with Crippen molar-refractivity contribution in [3.05, 3.63) is 42.0 Å². The number of fused-ring (bicyclic) bond motifs is 1. The maximum absolute atomic E-state index is 14.1. The number of aromatic nitrogens is 3. The Morgan fingerprint density at radius 2 is 2.00 bits per heavy atom. The summed E-state index contributed by atoms with van der Waals surface area (Å²) in [4.78, 5) is 9.27. The average molecular weight is 233 g/mol. The number of nitrogens with one attached hydrogen (secondary N) is 2. The number of H-pyrrole nitrogens is 2. The minimum absolute atomic E-state index is 0.0168. The summed E-state index contributed by atoms with van der Waals surface area (Å²) in [6.45, 7) is 1.62. The van der Waals surface area contributed by atoms with Crippen LogP contribution in [0.3, 0.4) is 0 Å². The van der Waals surface area contributed by atoms with Crippen molar-refractivity contribution in [2.75, 3.05) is 0 Å². The normalized spacial score (nSPS) is 11.2. The number of nitrogens with zero attached hydrogens (tertiary/aromatic N) is 1. The van der Waals surface area contributed by atoms with E-state index in [-0.39, 0.29) is 11.3 Å². The Hall–Kier alpha value is -2.17. The van der Waals surface area contributed by atoms with Crippen LogP contribution in [-0.2, 0) is 0 Å². The van der Waals surface area contributed by atoms with E-state index >= 15 is 0 Å². The molecule has 3 rings (SSSR count). The van der Waals surface area contributed by atoms with Crippen molar-refractivity contribution in [1.29, 1.82) is 0 Å². The van der Waals surface area contributed by atoms with Crippen LogP contribution in [0.5, 0.6) is 0 Å². The Morgan fingerprint density at radius 3 is 2.71 bits per heavy atom. The van der Waals surface area contributed by atoms with Crippen LogP contribution in [0.4, 0.5) is 8.78 Å². The van der Waals surface area contributed by atoms with Gasteiger partial charge in [-0.15, -0.1) is 0 Å². The highest BCUT2D eigenvalue weighted by Gasteiger charge is 2.16. The van der Waals surface area contributed by atoms with Crippen LogP contribution in [-0.4, -0.2) is 15.0 Å². The van der Waals surface area contributed by atoms with Crippen LogP contribution >= 0.6 is 0 Å². The summed E-state index contributed by atoms with van der Waals surface area (Å²) in [6, 6.07) is 4.84. The molecule has 2 heterocycles. The smallest absolute Gasteiger partial charge is 0.219 e. The van der Waals surface area contributed by atoms with E-state index in [2.05, 4.69) is 15.0 Å². The summed E-state index contributed by atoms with van der Waals surface area (Å²) in [6.07, 6.45) is 1.64. The molecule has 86 valence electrons. The molecular weight excluding hydrogens is 224 g/mol. The van der Waals surface area contributed by atoms with E-state index < -0.39 is 11.8 Å². The van der Waals surface area contributed by atoms with Gasteiger partial charge in [0.1, 0.15) is 17.3 Å². The number of aromatic amines is 2. The minimum Gasteiger partial charge on any atom is -0.361 e. The lowest BCUT2D eigenvalue weighted by Gasteiger charge is -2.01. The highest BCUT2D eigenvalue weighted by molar-refractivity contribution is 5.85. The molecule has 0 fully saturated rings. The third-order valence-corrected chi connectivity index (χ3v) is 2.70. The molecule has 3 nitrogen and oxygen atoms in total. The molecule has 2 aromatic heterocycles. The summed E-state index contributed by atoms with van der Waals surface area (Å²) in [5, 5.41) is 0.433. The average Bonchev–Trinajstić information content (AvgIpc) is 2.86. The summed E-state index contributed by atoms with van der Waals surface area (Å²) >= 11 is 0. The molecule has 0 amide bonds. The number of halogens is 2. The van der Waals surface area contributed by atoms with Crippen molar-refractivity contribution in [2.45, 2.75) is 6.92 Å². The molecule has 17 heavy (non-hydrogen) atoms. The molecular formula is C12H9F2N3. The molecule has 0 spiro atoms. The quantitative estimate of drug-likeness (QED) is 0.666. The van der Waals surface area contributed by atoms with Gasteiger partial charge in [0.05, 0.1) is 0 Å². The molecule has 0 radical (unpaired) electrons. The van der Waals surface area contributed by atoms with Crippen molar-refractivity contribution >= 4 is 10.9 Å². The van der Waals surface area contributed by atoms with E-state index in [9.17, 15) is 8.78 Å². The van der Waals surface area contributed by atoms with E-state index in [0.29, 0.717) is 16.7 Å². The van der Waals surface area contributed by atoms with Gasteiger partial charge in [0, 0.05) is 22.7 Å². The van der Waals surface area contributed by atoms with Gasteiger partial charge in [-0.3, -0.25) is 0 Å². The van der Waals surface area contributed by atoms with Crippen molar-refractivity contribution < 1.29 is 8.78 Å². The SMILES string of the molecule is Cc1nc(-c2ccc3[nH]ccc3c2F)c(F)[nH]1. The van der Waals surface area contributed by atoms with Gasteiger partial charge in [-0.1, -0.05) is 0 Å². The largest absolute Gasteiger partial charge is 0.361 e. The molecule has 3 aromatic rings. The minimum atomic E-state index is -0.615. The van der Waals surface area contributed by atoms with Crippen LogP contribution in [0, 0.1) is 18.7 Å². The van der Waals surface area contributed by atoms with E-state index in [0.717, 1.165) is 0 Å². The second kappa shape index (κ2) is 3.41. The van der Waals surface area contributed by atoms with Crippen LogP contribution in [0.25, 0.3) is 22.2 Å². The van der Waals surface area contributed by atoms with Crippen molar-refractivity contribution in [2.24, 2.45) is 0 Å². The lowest BCUT2D eigenvalue weighted by molar-refractivity contribution is 0.589. The molecule has 0 saturated carbocycles. The van der Waals surface area contributed by atoms with Crippen molar-refractivity contribution in [3.8, 4) is 11.3 Å². The first-order valence-corrected chi connectivity index (χ1v) is 5.15. The Labute approximate surface area is 95.5 Å². The molecule has 0 unspecified atom stereocenters. The first-order chi connectivity index (χ1) is 8.16. The fourth-order valence-corrected chi connectivity index (χ4v) is 1.92. The Balaban J connectivity index is 2.30. The highest BCUT2D eigenvalue weighted by atomic mass is 19.1. The van der Waals surface area contributed by atoms with Crippen LogP contribution < -0.4 is 0 Å². The zero-order valence-electron chi connectivity index (χ0n) is 9.01. The molecule has 0 aliphatic carbocycles. The Kier molecular flexibility index (Phi) is 2.01. The van der Waals surface area contributed by atoms with Crippen LogP contribution in [0.2, 0.25) is 0 Å². The summed E-state index contributed by atoms with van der Waals surface area (Å²) < 4.78 is 27.6. The van der Waals surface area contributed by atoms with E-state index in [1.165, 1.54) is 6.07 Å². The van der Waals surface area contributed by atoms with Gasteiger partial charge in [-0.25, -0.2) is 9.37 Å². The zero-order valence-corrected chi connectivity index (χ0v) is 9.01. The topological polar surface area (TPSA) is 44.5 Å². The van der Waals surface area contributed by atoms with Gasteiger partial charge >= 0.3 is 0 Å². The zero-order chi connectivity index (χ0) is 12.0. The summed E-state index contributed by atoms with van der Waals surface area (Å²) in [7, 11) is 0. The third-order valence-electron chi connectivity index (χ3n) is 2.70. The van der Waals surface area contributed by atoms with Gasteiger partial charge in [0.15, 0.2) is 0 Å². The molecule has 0 bridgehead atoms. The fraction of sp³-hybridized carbons (Fsp3) is 0.0833. The lowest BCUT2D eigenvalue weighted by atomic mass is 10.1. The number of imidazole rings is 1. The molecule has 2 N–H and O–H groups in total. The fourth-order valence-electron chi connectivity index (χ4n) is 1.92. The predicted octanol–water partition coefficient (Wildman–Crippen LogP) is 3.14. The van der Waals surface area contributed by atoms with Gasteiger partial charge < -0.3 is 9.97 Å². The Bertz CT molecular complexity index is 697. The molecule has 0 aliphatic rings. The van der Waals surface area contributed by atoms with Gasteiger partial charge in [-0.2, -0.15) is 4.39 Å². The molecule has 0 saturated heterocycles. The number of benzene rings is 1. The maximum Gasteiger partial charge on any atom is 0.219 e. The predicted molar refractivity (Wildman–Crippen MR) is 60.5 cm³/mol. The molecule has 0 atom stereocenters. The number of aryl methyl sites for hydroxylation is 1. The van der Waals surface area contributed by atoms with E-state index in [4.69, 9.17) is 0 Å². The standard InChI is InChI=1S/C12H9F2N3/c1-6-16-11(12(14)17-6)8-2-3-9-7(10(8)13)4-5-15-9/h2-5,15H,1H3,(H,16,17). The first kappa shape index (κ1) is 10.0. The number of rotatable bonds is 1. The monoisotopic (exact) mass is 233 g/mol. The maximum atomic E-state index is 14.1. The van der Waals surface area contributed by atoms with Crippen molar-refractivity contribution in [1.82, 2.24) is 15.0 Å². The Morgan fingerprint density at radius 1 is 1.18 bits per heavy atom. The molecule has 5 heteroatoms. The van der Waals surface area contributed by atoms with Crippen LogP contribution in [0.15, 0.2) is 24.4 Å². The third kappa shape index (κ3) is 1.43. The van der Waals surface area contributed by atoms with Gasteiger partial charge in [0.2, 0.25) is 5.95 Å². The van der Waals surface area contributed by atoms with Crippen LogP contribution in [0.1, 0.15) is 5.82 Å². The first-order valence-electron chi connectivity index (χ1n) is 5.15. The number of hydrogen-bond acceptors (Lipinski definition) is 1. The van der Waals surface area contributed by atoms with Gasteiger partial charge in [0.25, 0.3) is 0 Å². The summed E-state index contributed by atoms with van der Waals surface area (Å²) in [5.74, 6) is -0.656. The van der Waals surface area contributed by atoms with Gasteiger partial charge in [-0.05, 0) is 25.1 Å². The second-order valence-electron chi connectivity index (χ2n) is 3.85.